The summed E-state index contributed by atoms with van der Waals surface area (Å²) in [6, 6.07) is 29.6. The summed E-state index contributed by atoms with van der Waals surface area (Å²) in [5.41, 5.74) is 17.2. The number of hydrazine groups is 1. The highest BCUT2D eigenvalue weighted by Crippen LogP contribution is 2.45. The minimum absolute atomic E-state index is 0.0415. The topological polar surface area (TPSA) is 150 Å². The number of amides is 1. The van der Waals surface area contributed by atoms with E-state index in [1.807, 2.05) is 60.7 Å². The third-order valence-corrected chi connectivity index (χ3v) is 8.19. The second-order valence-corrected chi connectivity index (χ2v) is 11.7. The predicted molar refractivity (Wildman–Crippen MR) is 183 cm³/mol. The normalized spacial score (nSPS) is 16.8. The van der Waals surface area contributed by atoms with Crippen LogP contribution >= 0.6 is 15.9 Å². The van der Waals surface area contributed by atoms with Gasteiger partial charge in [-0.25, -0.2) is 10.4 Å². The van der Waals surface area contributed by atoms with E-state index in [0.717, 1.165) is 21.3 Å². The summed E-state index contributed by atoms with van der Waals surface area (Å²) in [4.78, 5) is 22.5. The Morgan fingerprint density at radius 2 is 1.83 bits per heavy atom. The molecule has 0 spiro atoms. The fourth-order valence-corrected chi connectivity index (χ4v) is 5.57. The third kappa shape index (κ3) is 8.30. The number of rotatable bonds is 15. The quantitative estimate of drug-likeness (QED) is 0.0423. The number of nitrogens with one attached hydrogen (secondary N) is 2. The van der Waals surface area contributed by atoms with Crippen molar-refractivity contribution in [2.45, 2.75) is 30.9 Å². The molecule has 0 bridgehead atoms. The van der Waals surface area contributed by atoms with Crippen LogP contribution in [0.25, 0.3) is 10.4 Å². The maximum absolute atomic E-state index is 14.4. The molecular weight excluding hydrogens is 664 g/mol. The molecule has 4 aromatic rings. The Kier molecular flexibility index (Phi) is 11.5. The van der Waals surface area contributed by atoms with Gasteiger partial charge in [-0.2, -0.15) is 0 Å². The van der Waals surface area contributed by atoms with E-state index in [-0.39, 0.29) is 18.9 Å². The number of carbonyl (C=O) groups is 1. The second kappa shape index (κ2) is 16.1. The van der Waals surface area contributed by atoms with Crippen molar-refractivity contribution < 1.29 is 24.1 Å². The Bertz CT molecular complexity index is 1740. The summed E-state index contributed by atoms with van der Waals surface area (Å²) >= 11 is 3.49. The zero-order chi connectivity index (χ0) is 33.1. The number of benzene rings is 4. The van der Waals surface area contributed by atoms with Crippen molar-refractivity contribution in [1.29, 1.82) is 0 Å². The van der Waals surface area contributed by atoms with Crippen LogP contribution in [0.2, 0.25) is 0 Å². The molecule has 47 heavy (non-hydrogen) atoms. The average Bonchev–Trinajstić information content (AvgIpc) is 3.48. The predicted octanol–water partition coefficient (Wildman–Crippen LogP) is 6.52. The van der Waals surface area contributed by atoms with Crippen LogP contribution in [0.5, 0.6) is 11.5 Å². The van der Waals surface area contributed by atoms with Gasteiger partial charge in [-0.1, -0.05) is 69.6 Å². The van der Waals surface area contributed by atoms with E-state index >= 15 is 0 Å². The van der Waals surface area contributed by atoms with Crippen molar-refractivity contribution >= 4 is 33.4 Å². The van der Waals surface area contributed by atoms with Gasteiger partial charge in [-0.3, -0.25) is 10.2 Å². The minimum Gasteiger partial charge on any atom is -0.497 e. The van der Waals surface area contributed by atoms with Crippen molar-refractivity contribution in [2.24, 2.45) is 10.1 Å². The van der Waals surface area contributed by atoms with E-state index in [9.17, 15) is 10.3 Å². The maximum atomic E-state index is 14.4. The molecule has 0 saturated carbocycles. The van der Waals surface area contributed by atoms with Gasteiger partial charge < -0.3 is 19.3 Å². The largest absolute Gasteiger partial charge is 0.497 e. The first-order valence-corrected chi connectivity index (χ1v) is 15.9. The Balaban J connectivity index is 1.51. The molecule has 0 radical (unpaired) electrons. The van der Waals surface area contributed by atoms with E-state index in [0.29, 0.717) is 48.6 Å². The summed E-state index contributed by atoms with van der Waals surface area (Å²) in [5, 5.41) is 13.0. The maximum Gasteiger partial charge on any atom is 0.266 e. The molecule has 1 amide bonds. The van der Waals surface area contributed by atoms with E-state index < -0.39 is 17.6 Å². The fraction of sp³-hybridized carbons (Fsp3) is 0.257. The summed E-state index contributed by atoms with van der Waals surface area (Å²) in [5.74, 6) is 1.24. The van der Waals surface area contributed by atoms with E-state index in [1.54, 1.807) is 43.5 Å². The zero-order valence-corrected chi connectivity index (χ0v) is 27.4. The van der Waals surface area contributed by atoms with Gasteiger partial charge in [-0.15, -0.1) is 0 Å². The molecule has 4 aromatic carbocycles. The Labute approximate surface area is 281 Å². The molecule has 3 N–H and O–H groups in total. The molecule has 0 unspecified atom stereocenters. The molecule has 5 rings (SSSR count). The molecule has 0 aromatic heterocycles. The molecule has 1 aliphatic rings. The molecular formula is C35H35BrN6O5. The standard InChI is InChI=1S/C35H35BrN6O5/c1-45-29-7-4-6-24(22-29)18-19-38-41-34(44)35(23-25-10-14-27(36)15-11-25)32(30-8-2-3-9-31(30)40-42-37)47-33(39-35)26-12-16-28(17-13-26)46-21-5-20-43/h2-4,6-17,22,32,38,43H,5,18-21,23H2,1H3,(H,41,44)/t32-,35-/m0/s1. The number of azide groups is 1. The number of hydrogen-bond donors (Lipinski definition) is 3. The first kappa shape index (κ1) is 33.5. The molecule has 0 fully saturated rings. The van der Waals surface area contributed by atoms with Crippen molar-refractivity contribution in [3.05, 3.63) is 134 Å². The van der Waals surface area contributed by atoms with Gasteiger partial charge in [0.1, 0.15) is 11.5 Å². The number of nitrogens with zero attached hydrogens (tertiary/aromatic N) is 4. The highest BCUT2D eigenvalue weighted by Gasteiger charge is 2.54. The fourth-order valence-electron chi connectivity index (χ4n) is 5.31. The number of hydrogen-bond acceptors (Lipinski definition) is 8. The van der Waals surface area contributed by atoms with E-state index in [1.165, 1.54) is 0 Å². The Hall–Kier alpha value is -4.87. The number of methoxy groups -OCH3 is 1. The average molecular weight is 700 g/mol. The minimum atomic E-state index is -1.50. The Morgan fingerprint density at radius 1 is 1.04 bits per heavy atom. The lowest BCUT2D eigenvalue weighted by molar-refractivity contribution is -0.130. The summed E-state index contributed by atoms with van der Waals surface area (Å²) in [7, 11) is 1.62. The lowest BCUT2D eigenvalue weighted by Crippen LogP contribution is -2.54. The van der Waals surface area contributed by atoms with Crippen molar-refractivity contribution in [3.8, 4) is 11.5 Å². The number of carbonyl (C=O) groups excluding carboxylic acids is 1. The lowest BCUT2D eigenvalue weighted by Gasteiger charge is -2.31. The van der Waals surface area contributed by atoms with Crippen LogP contribution < -0.4 is 20.3 Å². The molecule has 11 nitrogen and oxygen atoms in total. The van der Waals surface area contributed by atoms with Crippen molar-refractivity contribution in [3.63, 3.8) is 0 Å². The third-order valence-electron chi connectivity index (χ3n) is 7.66. The van der Waals surface area contributed by atoms with Crippen LogP contribution in [-0.2, 0) is 22.4 Å². The van der Waals surface area contributed by atoms with E-state index in [2.05, 4.69) is 36.8 Å². The number of ether oxygens (including phenoxy) is 3. The molecule has 0 saturated heterocycles. The molecule has 0 aliphatic carbocycles. The van der Waals surface area contributed by atoms with E-state index in [4.69, 9.17) is 24.3 Å². The van der Waals surface area contributed by atoms with Gasteiger partial charge >= 0.3 is 0 Å². The van der Waals surface area contributed by atoms with Gasteiger partial charge in [0.25, 0.3) is 5.91 Å². The van der Waals surface area contributed by atoms with Gasteiger partial charge in [0, 0.05) is 52.2 Å². The summed E-state index contributed by atoms with van der Waals surface area (Å²) in [6.07, 6.45) is 0.400. The monoisotopic (exact) mass is 698 g/mol. The summed E-state index contributed by atoms with van der Waals surface area (Å²) in [6.45, 7) is 0.870. The van der Waals surface area contributed by atoms with Crippen LogP contribution in [0.4, 0.5) is 5.69 Å². The Morgan fingerprint density at radius 3 is 2.57 bits per heavy atom. The summed E-state index contributed by atoms with van der Waals surface area (Å²) < 4.78 is 18.5. The van der Waals surface area contributed by atoms with Crippen LogP contribution in [0.15, 0.2) is 112 Å². The van der Waals surface area contributed by atoms with Crippen LogP contribution in [0.1, 0.15) is 34.8 Å². The first-order valence-electron chi connectivity index (χ1n) is 15.1. The van der Waals surface area contributed by atoms with Crippen molar-refractivity contribution in [2.75, 3.05) is 26.9 Å². The molecule has 1 aliphatic heterocycles. The van der Waals surface area contributed by atoms with Gasteiger partial charge in [0.05, 0.1) is 13.7 Å². The van der Waals surface area contributed by atoms with Gasteiger partial charge in [-0.05, 0) is 71.6 Å². The lowest BCUT2D eigenvalue weighted by atomic mass is 9.81. The number of aliphatic imine (C=N–C) groups is 1. The smallest absolute Gasteiger partial charge is 0.266 e. The zero-order valence-electron chi connectivity index (χ0n) is 25.8. The van der Waals surface area contributed by atoms with Crippen molar-refractivity contribution in [1.82, 2.24) is 10.9 Å². The first-order chi connectivity index (χ1) is 23.0. The SMILES string of the molecule is COc1cccc(CCNNC(=O)[C@@]2(Cc3ccc(Br)cc3)N=C(c3ccc(OCCCO)cc3)O[C@H]2c2ccccc2N=[N+]=[N-])c1. The van der Waals surface area contributed by atoms with Gasteiger partial charge in [0.2, 0.25) is 5.90 Å². The highest BCUT2D eigenvalue weighted by molar-refractivity contribution is 9.10. The van der Waals surface area contributed by atoms with Crippen LogP contribution in [0.3, 0.4) is 0 Å². The molecule has 1 heterocycles. The number of aliphatic hydroxyl groups excluding tert-OH is 1. The van der Waals surface area contributed by atoms with Gasteiger partial charge in [0.15, 0.2) is 11.6 Å². The van der Waals surface area contributed by atoms with Crippen LogP contribution in [0, 0.1) is 0 Å². The molecule has 12 heteroatoms. The second-order valence-electron chi connectivity index (χ2n) is 10.8. The molecule has 2 atom stereocenters. The number of halogens is 1. The molecule has 242 valence electrons. The highest BCUT2D eigenvalue weighted by atomic mass is 79.9. The number of aliphatic hydroxyl groups is 1. The van der Waals surface area contributed by atoms with Crippen LogP contribution in [-0.4, -0.2) is 49.3 Å².